The predicted molar refractivity (Wildman–Crippen MR) is 72.8 cm³/mol. The van der Waals surface area contributed by atoms with E-state index in [-0.39, 0.29) is 5.78 Å². The lowest BCUT2D eigenvalue weighted by Crippen LogP contribution is -2.01. The summed E-state index contributed by atoms with van der Waals surface area (Å²) in [6.45, 7) is 0. The number of halogens is 3. The van der Waals surface area contributed by atoms with Crippen molar-refractivity contribution in [2.24, 2.45) is 0 Å². The number of hydrogen-bond acceptors (Lipinski definition) is 1. The minimum absolute atomic E-state index is 0.260. The van der Waals surface area contributed by atoms with Gasteiger partial charge in [-0.15, -0.1) is 0 Å². The van der Waals surface area contributed by atoms with Crippen LogP contribution in [0.5, 0.6) is 0 Å². The highest BCUT2D eigenvalue weighted by atomic mass is 79.9. The molecule has 0 radical (unpaired) electrons. The van der Waals surface area contributed by atoms with E-state index < -0.39 is 0 Å². The van der Waals surface area contributed by atoms with Gasteiger partial charge in [-0.25, -0.2) is 0 Å². The Morgan fingerprint density at radius 2 is 1.81 bits per heavy atom. The second-order valence-electron chi connectivity index (χ2n) is 3.53. The molecule has 0 aliphatic rings. The van der Waals surface area contributed by atoms with E-state index >= 15 is 0 Å². The van der Waals surface area contributed by atoms with Gasteiger partial charge in [-0.3, -0.25) is 4.79 Å². The average molecular weight is 324 g/mol. The van der Waals surface area contributed by atoms with Crippen molar-refractivity contribution >= 4 is 44.9 Å². The molecule has 1 nitrogen and oxygen atoms in total. The second kappa shape index (κ2) is 7.31. The van der Waals surface area contributed by atoms with Gasteiger partial charge in [0.15, 0.2) is 0 Å². The Labute approximate surface area is 114 Å². The maximum Gasteiger partial charge on any atom is 0.133 e. The van der Waals surface area contributed by atoms with Crippen LogP contribution < -0.4 is 0 Å². The van der Waals surface area contributed by atoms with Crippen molar-refractivity contribution in [2.45, 2.75) is 25.7 Å². The molecule has 88 valence electrons. The number of carbonyl (C=O) groups is 1. The first-order valence-corrected chi connectivity index (χ1v) is 7.03. The zero-order valence-corrected chi connectivity index (χ0v) is 11.9. The summed E-state index contributed by atoms with van der Waals surface area (Å²) < 4.78 is 0. The van der Waals surface area contributed by atoms with Gasteiger partial charge in [-0.05, 0) is 30.5 Å². The van der Waals surface area contributed by atoms with E-state index in [4.69, 9.17) is 23.2 Å². The zero-order valence-electron chi connectivity index (χ0n) is 8.81. The van der Waals surface area contributed by atoms with Crippen LogP contribution in [0.1, 0.15) is 24.8 Å². The summed E-state index contributed by atoms with van der Waals surface area (Å²) in [4.78, 5) is 11.5. The van der Waals surface area contributed by atoms with E-state index in [1.54, 1.807) is 18.2 Å². The van der Waals surface area contributed by atoms with Crippen LogP contribution in [0.2, 0.25) is 10.0 Å². The van der Waals surface area contributed by atoms with E-state index in [0.717, 1.165) is 17.3 Å². The lowest BCUT2D eigenvalue weighted by atomic mass is 10.1. The summed E-state index contributed by atoms with van der Waals surface area (Å²) in [7, 11) is 0. The quantitative estimate of drug-likeness (QED) is 0.695. The fourth-order valence-corrected chi connectivity index (χ4v) is 2.29. The fourth-order valence-electron chi connectivity index (χ4n) is 1.42. The topological polar surface area (TPSA) is 17.1 Å². The molecule has 0 saturated carbocycles. The predicted octanol–water partition coefficient (Wildman–Crippen LogP) is 4.67. The summed E-state index contributed by atoms with van der Waals surface area (Å²) in [6, 6.07) is 5.40. The number of hydrogen-bond donors (Lipinski definition) is 0. The normalized spacial score (nSPS) is 10.4. The highest BCUT2D eigenvalue weighted by molar-refractivity contribution is 9.09. The SMILES string of the molecule is O=C(CCCBr)CCc1c(Cl)cccc1Cl. The van der Waals surface area contributed by atoms with Crippen molar-refractivity contribution in [1.82, 2.24) is 0 Å². The lowest BCUT2D eigenvalue weighted by molar-refractivity contribution is -0.119. The number of rotatable bonds is 6. The Morgan fingerprint density at radius 3 is 2.38 bits per heavy atom. The first-order chi connectivity index (χ1) is 7.65. The van der Waals surface area contributed by atoms with Gasteiger partial charge in [-0.1, -0.05) is 45.2 Å². The average Bonchev–Trinajstić information content (AvgIpc) is 2.25. The molecule has 0 saturated heterocycles. The number of Topliss-reactive ketones (excluding diaryl/α,β-unsaturated/α-hetero) is 1. The minimum Gasteiger partial charge on any atom is -0.300 e. The Bertz CT molecular complexity index is 346. The van der Waals surface area contributed by atoms with Crippen LogP contribution in [0.4, 0.5) is 0 Å². The van der Waals surface area contributed by atoms with Crippen molar-refractivity contribution in [3.05, 3.63) is 33.8 Å². The van der Waals surface area contributed by atoms with Gasteiger partial charge < -0.3 is 0 Å². The van der Waals surface area contributed by atoms with Gasteiger partial charge in [-0.2, -0.15) is 0 Å². The highest BCUT2D eigenvalue weighted by Gasteiger charge is 2.08. The monoisotopic (exact) mass is 322 g/mol. The molecule has 0 aromatic heterocycles. The van der Waals surface area contributed by atoms with Crippen molar-refractivity contribution in [3.63, 3.8) is 0 Å². The van der Waals surface area contributed by atoms with Crippen LogP contribution >= 0.6 is 39.1 Å². The van der Waals surface area contributed by atoms with E-state index in [9.17, 15) is 4.79 Å². The third kappa shape index (κ3) is 4.44. The van der Waals surface area contributed by atoms with Gasteiger partial charge in [0.25, 0.3) is 0 Å². The second-order valence-corrected chi connectivity index (χ2v) is 5.14. The van der Waals surface area contributed by atoms with Gasteiger partial charge >= 0.3 is 0 Å². The summed E-state index contributed by atoms with van der Waals surface area (Å²) in [5.74, 6) is 0.260. The van der Waals surface area contributed by atoms with Gasteiger partial charge in [0, 0.05) is 28.2 Å². The smallest absolute Gasteiger partial charge is 0.133 e. The molecule has 16 heavy (non-hydrogen) atoms. The van der Waals surface area contributed by atoms with Crippen LogP contribution in [-0.2, 0) is 11.2 Å². The number of benzene rings is 1. The Kier molecular flexibility index (Phi) is 6.40. The van der Waals surface area contributed by atoms with Crippen molar-refractivity contribution in [1.29, 1.82) is 0 Å². The summed E-state index contributed by atoms with van der Waals surface area (Å²) in [5.41, 5.74) is 0.873. The first kappa shape index (κ1) is 14.0. The first-order valence-electron chi connectivity index (χ1n) is 5.15. The Balaban J connectivity index is 2.51. The number of ketones is 1. The van der Waals surface area contributed by atoms with Gasteiger partial charge in [0.1, 0.15) is 5.78 Å². The van der Waals surface area contributed by atoms with E-state index in [2.05, 4.69) is 15.9 Å². The molecule has 0 heterocycles. The van der Waals surface area contributed by atoms with Crippen molar-refractivity contribution < 1.29 is 4.79 Å². The molecule has 1 aromatic carbocycles. The van der Waals surface area contributed by atoms with E-state index in [1.807, 2.05) is 0 Å². The van der Waals surface area contributed by atoms with Crippen LogP contribution in [0.15, 0.2) is 18.2 Å². The minimum atomic E-state index is 0.260. The van der Waals surface area contributed by atoms with Crippen LogP contribution in [0.25, 0.3) is 0 Å². The van der Waals surface area contributed by atoms with Crippen LogP contribution in [0, 0.1) is 0 Å². The molecule has 1 rings (SSSR count). The number of alkyl halides is 1. The molecule has 0 aliphatic heterocycles. The molecule has 0 bridgehead atoms. The van der Waals surface area contributed by atoms with Gasteiger partial charge in [0.05, 0.1) is 0 Å². The van der Waals surface area contributed by atoms with E-state index in [1.165, 1.54) is 0 Å². The molecule has 0 atom stereocenters. The molecule has 0 N–H and O–H groups in total. The molecule has 1 aromatic rings. The molecule has 0 amide bonds. The highest BCUT2D eigenvalue weighted by Crippen LogP contribution is 2.25. The Morgan fingerprint density at radius 1 is 1.19 bits per heavy atom. The lowest BCUT2D eigenvalue weighted by Gasteiger charge is -2.05. The molecule has 4 heteroatoms. The molecular weight excluding hydrogens is 311 g/mol. The van der Waals surface area contributed by atoms with Gasteiger partial charge in [0.2, 0.25) is 0 Å². The standard InChI is InChI=1S/C12H13BrCl2O/c13-8-2-3-9(16)6-7-10-11(14)4-1-5-12(10)15/h1,4-5H,2-3,6-8H2. The Hall–Kier alpha value is -0.0500. The van der Waals surface area contributed by atoms with Crippen LogP contribution in [-0.4, -0.2) is 11.1 Å². The van der Waals surface area contributed by atoms with E-state index in [0.29, 0.717) is 29.3 Å². The van der Waals surface area contributed by atoms with Crippen molar-refractivity contribution in [2.75, 3.05) is 5.33 Å². The third-order valence-corrected chi connectivity index (χ3v) is 3.57. The third-order valence-electron chi connectivity index (χ3n) is 2.30. The summed E-state index contributed by atoms with van der Waals surface area (Å²) in [5, 5.41) is 2.15. The van der Waals surface area contributed by atoms with Crippen LogP contribution in [0.3, 0.4) is 0 Å². The summed E-state index contributed by atoms with van der Waals surface area (Å²) >= 11 is 15.3. The number of carbonyl (C=O) groups excluding carboxylic acids is 1. The maximum atomic E-state index is 11.5. The molecule has 0 unspecified atom stereocenters. The summed E-state index contributed by atoms with van der Waals surface area (Å²) in [6.07, 6.45) is 2.64. The van der Waals surface area contributed by atoms with Crippen molar-refractivity contribution in [3.8, 4) is 0 Å². The molecular formula is C12H13BrCl2O. The molecule has 0 aliphatic carbocycles. The zero-order chi connectivity index (χ0) is 12.0. The largest absolute Gasteiger partial charge is 0.300 e. The fraction of sp³-hybridized carbons (Fsp3) is 0.417. The molecule has 0 fully saturated rings. The molecule has 0 spiro atoms. The maximum absolute atomic E-state index is 11.5.